The average Bonchev–Trinajstić information content (AvgIpc) is 2.89. The van der Waals surface area contributed by atoms with E-state index in [2.05, 4.69) is 92.1 Å². The highest BCUT2D eigenvalue weighted by molar-refractivity contribution is 6.09. The van der Waals surface area contributed by atoms with Crippen LogP contribution in [0.5, 0.6) is 0 Å². The molecule has 4 aromatic rings. The molecule has 4 rings (SSSR count). The molecule has 0 aliphatic carbocycles. The van der Waals surface area contributed by atoms with Gasteiger partial charge in [0, 0.05) is 16.5 Å². The second-order valence-corrected chi connectivity index (χ2v) is 6.62. The average molecular weight is 299 g/mol. The molecule has 0 fully saturated rings. The van der Waals surface area contributed by atoms with Crippen LogP contribution in [0.4, 0.5) is 0 Å². The zero-order valence-corrected chi connectivity index (χ0v) is 13.9. The fourth-order valence-electron chi connectivity index (χ4n) is 3.32. The van der Waals surface area contributed by atoms with Crippen LogP contribution in [-0.2, 0) is 0 Å². The molecule has 0 spiro atoms. The van der Waals surface area contributed by atoms with Crippen LogP contribution < -0.4 is 0 Å². The zero-order chi connectivity index (χ0) is 16.0. The molecule has 0 saturated heterocycles. The van der Waals surface area contributed by atoms with E-state index in [1.807, 2.05) is 0 Å². The smallest absolute Gasteiger partial charge is 0.0543 e. The molecule has 0 bridgehead atoms. The largest absolute Gasteiger partial charge is 0.309 e. The number of nitrogens with zero attached hydrogens (tertiary/aromatic N) is 1. The molecule has 0 unspecified atom stereocenters. The lowest BCUT2D eigenvalue weighted by Gasteiger charge is -2.10. The van der Waals surface area contributed by atoms with Crippen LogP contribution in [0.2, 0.25) is 0 Å². The predicted octanol–water partition coefficient (Wildman–Crippen LogP) is 6.22. The number of fused-ring (bicyclic) bond motifs is 3. The molecule has 0 amide bonds. The van der Waals surface area contributed by atoms with Gasteiger partial charge in [0.05, 0.1) is 11.0 Å². The first kappa shape index (κ1) is 14.1. The van der Waals surface area contributed by atoms with Crippen LogP contribution in [-0.4, -0.2) is 4.57 Å². The summed E-state index contributed by atoms with van der Waals surface area (Å²) in [5.74, 6) is 0.531. The van der Waals surface area contributed by atoms with Gasteiger partial charge < -0.3 is 4.57 Å². The maximum absolute atomic E-state index is 2.38. The minimum absolute atomic E-state index is 0.531. The maximum Gasteiger partial charge on any atom is 0.0543 e. The minimum Gasteiger partial charge on any atom is -0.309 e. The van der Waals surface area contributed by atoms with E-state index in [1.54, 1.807) is 0 Å². The van der Waals surface area contributed by atoms with Gasteiger partial charge in [-0.1, -0.05) is 61.9 Å². The van der Waals surface area contributed by atoms with Crippen molar-refractivity contribution in [1.29, 1.82) is 0 Å². The second-order valence-electron chi connectivity index (χ2n) is 6.62. The number of rotatable bonds is 2. The Morgan fingerprint density at radius 3 is 2.17 bits per heavy atom. The normalized spacial score (nSPS) is 11.7. The van der Waals surface area contributed by atoms with Gasteiger partial charge in [-0.25, -0.2) is 0 Å². The van der Waals surface area contributed by atoms with Crippen molar-refractivity contribution in [1.82, 2.24) is 4.57 Å². The molecule has 1 nitrogen and oxygen atoms in total. The van der Waals surface area contributed by atoms with Gasteiger partial charge in [-0.3, -0.25) is 0 Å². The highest BCUT2D eigenvalue weighted by atomic mass is 15.0. The minimum atomic E-state index is 0.531. The number of para-hydroxylation sites is 1. The van der Waals surface area contributed by atoms with E-state index in [9.17, 15) is 0 Å². The fraction of sp³-hybridized carbons (Fsp3) is 0.182. The Balaban J connectivity index is 2.13. The third-order valence-corrected chi connectivity index (χ3v) is 4.66. The van der Waals surface area contributed by atoms with Gasteiger partial charge in [0.15, 0.2) is 0 Å². The molecule has 0 aliphatic rings. The molecule has 23 heavy (non-hydrogen) atoms. The molecule has 3 aromatic carbocycles. The molecule has 114 valence electrons. The van der Waals surface area contributed by atoms with Crippen LogP contribution in [0.15, 0.2) is 66.7 Å². The SMILES string of the molecule is Cc1ccc(-n2c3ccccc3c3ccc(C(C)C)cc32)cc1. The van der Waals surface area contributed by atoms with E-state index in [0.29, 0.717) is 5.92 Å². The van der Waals surface area contributed by atoms with E-state index in [-0.39, 0.29) is 0 Å². The van der Waals surface area contributed by atoms with Crippen molar-refractivity contribution in [2.45, 2.75) is 26.7 Å². The summed E-state index contributed by atoms with van der Waals surface area (Å²) < 4.78 is 2.38. The second kappa shape index (κ2) is 5.27. The molecule has 0 saturated carbocycles. The van der Waals surface area contributed by atoms with Gasteiger partial charge in [0.1, 0.15) is 0 Å². The summed E-state index contributed by atoms with van der Waals surface area (Å²) in [7, 11) is 0. The van der Waals surface area contributed by atoms with Crippen LogP contribution in [0.3, 0.4) is 0 Å². The molecule has 0 aliphatic heterocycles. The van der Waals surface area contributed by atoms with Crippen LogP contribution >= 0.6 is 0 Å². The van der Waals surface area contributed by atoms with Gasteiger partial charge >= 0.3 is 0 Å². The van der Waals surface area contributed by atoms with Crippen molar-refractivity contribution < 1.29 is 0 Å². The van der Waals surface area contributed by atoms with E-state index in [4.69, 9.17) is 0 Å². The van der Waals surface area contributed by atoms with E-state index < -0.39 is 0 Å². The third kappa shape index (κ3) is 2.24. The highest BCUT2D eigenvalue weighted by Gasteiger charge is 2.13. The van der Waals surface area contributed by atoms with Crippen LogP contribution in [0, 0.1) is 6.92 Å². The summed E-state index contributed by atoms with van der Waals surface area (Å²) in [6.07, 6.45) is 0. The topological polar surface area (TPSA) is 4.93 Å². The number of hydrogen-bond donors (Lipinski definition) is 0. The van der Waals surface area contributed by atoms with Gasteiger partial charge in [-0.2, -0.15) is 0 Å². The van der Waals surface area contributed by atoms with Gasteiger partial charge in [0.2, 0.25) is 0 Å². The highest BCUT2D eigenvalue weighted by Crippen LogP contribution is 2.33. The van der Waals surface area contributed by atoms with E-state index >= 15 is 0 Å². The summed E-state index contributed by atoms with van der Waals surface area (Å²) in [4.78, 5) is 0. The molecular formula is C22H21N. The first-order valence-electron chi connectivity index (χ1n) is 8.25. The Labute approximate surface area is 137 Å². The molecule has 1 heteroatoms. The summed E-state index contributed by atoms with van der Waals surface area (Å²) in [6.45, 7) is 6.63. The van der Waals surface area contributed by atoms with Gasteiger partial charge in [-0.15, -0.1) is 0 Å². The van der Waals surface area contributed by atoms with Crippen molar-refractivity contribution in [3.8, 4) is 5.69 Å². The summed E-state index contributed by atoms with van der Waals surface area (Å²) in [5.41, 5.74) is 6.46. The molecule has 0 N–H and O–H groups in total. The van der Waals surface area contributed by atoms with Gasteiger partial charge in [-0.05, 0) is 42.7 Å². The number of aryl methyl sites for hydroxylation is 1. The van der Waals surface area contributed by atoms with Crippen molar-refractivity contribution in [2.24, 2.45) is 0 Å². The molecule has 0 radical (unpaired) electrons. The monoisotopic (exact) mass is 299 g/mol. The summed E-state index contributed by atoms with van der Waals surface area (Å²) in [5, 5.41) is 2.64. The summed E-state index contributed by atoms with van der Waals surface area (Å²) >= 11 is 0. The number of aromatic nitrogens is 1. The lowest BCUT2D eigenvalue weighted by molar-refractivity contribution is 0.868. The van der Waals surface area contributed by atoms with Crippen LogP contribution in [0.25, 0.3) is 27.5 Å². The molecule has 1 heterocycles. The van der Waals surface area contributed by atoms with Crippen LogP contribution in [0.1, 0.15) is 30.9 Å². The lowest BCUT2D eigenvalue weighted by Crippen LogP contribution is -1.95. The Kier molecular flexibility index (Phi) is 3.23. The summed E-state index contributed by atoms with van der Waals surface area (Å²) in [6, 6.07) is 24.3. The van der Waals surface area contributed by atoms with E-state index in [1.165, 1.54) is 38.6 Å². The molecular weight excluding hydrogens is 278 g/mol. The first-order valence-corrected chi connectivity index (χ1v) is 8.25. The van der Waals surface area contributed by atoms with Crippen molar-refractivity contribution in [2.75, 3.05) is 0 Å². The Morgan fingerprint density at radius 1 is 0.739 bits per heavy atom. The number of benzene rings is 3. The van der Waals surface area contributed by atoms with Crippen molar-refractivity contribution in [3.05, 3.63) is 77.9 Å². The Bertz CT molecular complexity index is 988. The lowest BCUT2D eigenvalue weighted by atomic mass is 10.0. The fourth-order valence-corrected chi connectivity index (χ4v) is 3.32. The number of hydrogen-bond acceptors (Lipinski definition) is 0. The molecule has 1 aromatic heterocycles. The third-order valence-electron chi connectivity index (χ3n) is 4.66. The predicted molar refractivity (Wildman–Crippen MR) is 99.6 cm³/mol. The Hall–Kier alpha value is -2.54. The van der Waals surface area contributed by atoms with Crippen molar-refractivity contribution in [3.63, 3.8) is 0 Å². The standard InChI is InChI=1S/C22H21N/c1-15(2)17-10-13-20-19-6-4-5-7-21(19)23(22(20)14-17)18-11-8-16(3)9-12-18/h4-15H,1-3H3. The molecule has 0 atom stereocenters. The quantitative estimate of drug-likeness (QED) is 0.414. The first-order chi connectivity index (χ1) is 11.1. The van der Waals surface area contributed by atoms with Crippen molar-refractivity contribution >= 4 is 21.8 Å². The van der Waals surface area contributed by atoms with E-state index in [0.717, 1.165) is 0 Å². The zero-order valence-electron chi connectivity index (χ0n) is 13.9. The maximum atomic E-state index is 2.38. The van der Waals surface area contributed by atoms with Gasteiger partial charge in [0.25, 0.3) is 0 Å². The Morgan fingerprint density at radius 2 is 1.43 bits per heavy atom.